The molecule has 0 radical (unpaired) electrons. The van der Waals surface area contributed by atoms with E-state index in [0.29, 0.717) is 22.4 Å². The largest absolute Gasteiger partial charge is 0.399 e. The maximum atomic E-state index is 11.8. The SMILES string of the molecule is Cc1nsc(NS(=O)(=O)CCSc2ccc(N)cc2)n1. The summed E-state index contributed by atoms with van der Waals surface area (Å²) in [5, 5.41) is 0.306. The number of anilines is 2. The monoisotopic (exact) mass is 330 g/mol. The van der Waals surface area contributed by atoms with Crippen LogP contribution in [0.3, 0.4) is 0 Å². The predicted molar refractivity (Wildman–Crippen MR) is 83.6 cm³/mol. The average Bonchev–Trinajstić information content (AvgIpc) is 2.76. The van der Waals surface area contributed by atoms with Crippen LogP contribution in [0, 0.1) is 6.92 Å². The van der Waals surface area contributed by atoms with Crippen molar-refractivity contribution in [1.29, 1.82) is 0 Å². The number of aromatic nitrogens is 2. The number of aryl methyl sites for hydroxylation is 1. The molecule has 0 aliphatic carbocycles. The van der Waals surface area contributed by atoms with E-state index in [1.165, 1.54) is 11.8 Å². The van der Waals surface area contributed by atoms with Crippen LogP contribution in [0.5, 0.6) is 0 Å². The van der Waals surface area contributed by atoms with Gasteiger partial charge in [0.15, 0.2) is 0 Å². The van der Waals surface area contributed by atoms with Gasteiger partial charge in [0.25, 0.3) is 0 Å². The van der Waals surface area contributed by atoms with Crippen LogP contribution in [0.4, 0.5) is 10.8 Å². The van der Waals surface area contributed by atoms with Gasteiger partial charge in [-0.15, -0.1) is 11.8 Å². The molecule has 0 saturated heterocycles. The van der Waals surface area contributed by atoms with Crippen LogP contribution in [0.25, 0.3) is 0 Å². The second-order valence-corrected chi connectivity index (χ2v) is 7.75. The van der Waals surface area contributed by atoms with Gasteiger partial charge in [-0.25, -0.2) is 13.4 Å². The summed E-state index contributed by atoms with van der Waals surface area (Å²) < 4.78 is 30.0. The first-order valence-corrected chi connectivity index (χ1v) is 9.15. The lowest BCUT2D eigenvalue weighted by molar-refractivity contribution is 0.602. The predicted octanol–water partition coefficient (Wildman–Crippen LogP) is 1.96. The average molecular weight is 330 g/mol. The standard InChI is InChI=1S/C11H14N4O2S3/c1-8-13-11(19-14-8)15-20(16,17)7-6-18-10-4-2-9(12)3-5-10/h2-5H,6-7,12H2,1H3,(H,13,14,15). The van der Waals surface area contributed by atoms with Gasteiger partial charge in [-0.05, 0) is 31.2 Å². The van der Waals surface area contributed by atoms with E-state index in [4.69, 9.17) is 5.73 Å². The maximum Gasteiger partial charge on any atom is 0.235 e. The second-order valence-electron chi connectivity index (χ2n) is 3.99. The number of benzene rings is 1. The summed E-state index contributed by atoms with van der Waals surface area (Å²) in [7, 11) is -3.39. The van der Waals surface area contributed by atoms with E-state index >= 15 is 0 Å². The molecule has 3 N–H and O–H groups in total. The fourth-order valence-corrected chi connectivity index (χ4v) is 4.51. The molecule has 0 unspecified atom stereocenters. The Hall–Kier alpha value is -1.32. The summed E-state index contributed by atoms with van der Waals surface area (Å²) in [6.07, 6.45) is 0. The first kappa shape index (κ1) is 15.1. The van der Waals surface area contributed by atoms with Gasteiger partial charge in [-0.3, -0.25) is 4.72 Å². The third kappa shape index (κ3) is 4.66. The highest BCUT2D eigenvalue weighted by Crippen LogP contribution is 2.20. The van der Waals surface area contributed by atoms with Crippen molar-refractivity contribution in [3.8, 4) is 0 Å². The molecule has 0 bridgehead atoms. The van der Waals surface area contributed by atoms with E-state index in [9.17, 15) is 8.42 Å². The molecule has 0 aliphatic heterocycles. The molecular weight excluding hydrogens is 316 g/mol. The molecule has 0 saturated carbocycles. The molecule has 0 aliphatic rings. The number of hydrogen-bond donors (Lipinski definition) is 2. The number of nitrogen functional groups attached to an aromatic ring is 1. The van der Waals surface area contributed by atoms with Crippen molar-refractivity contribution in [3.05, 3.63) is 30.1 Å². The molecule has 1 heterocycles. The van der Waals surface area contributed by atoms with Gasteiger partial charge in [-0.1, -0.05) is 0 Å². The molecule has 2 aromatic rings. The Morgan fingerprint density at radius 2 is 2.05 bits per heavy atom. The van der Waals surface area contributed by atoms with E-state index in [2.05, 4.69) is 14.1 Å². The van der Waals surface area contributed by atoms with Crippen LogP contribution in [-0.4, -0.2) is 29.3 Å². The molecule has 6 nitrogen and oxygen atoms in total. The van der Waals surface area contributed by atoms with Crippen molar-refractivity contribution in [2.45, 2.75) is 11.8 Å². The van der Waals surface area contributed by atoms with Crippen molar-refractivity contribution >= 4 is 44.1 Å². The van der Waals surface area contributed by atoms with E-state index in [1.807, 2.05) is 12.1 Å². The van der Waals surface area contributed by atoms with Crippen LogP contribution in [0.2, 0.25) is 0 Å². The minimum absolute atomic E-state index is 0.0146. The van der Waals surface area contributed by atoms with Crippen LogP contribution >= 0.6 is 23.3 Å². The number of rotatable bonds is 6. The molecule has 20 heavy (non-hydrogen) atoms. The van der Waals surface area contributed by atoms with Gasteiger partial charge in [-0.2, -0.15) is 4.37 Å². The first-order chi connectivity index (χ1) is 9.44. The van der Waals surface area contributed by atoms with Gasteiger partial charge in [0.1, 0.15) is 5.82 Å². The smallest absolute Gasteiger partial charge is 0.235 e. The first-order valence-electron chi connectivity index (χ1n) is 5.74. The molecule has 9 heteroatoms. The Bertz CT molecular complexity index is 667. The van der Waals surface area contributed by atoms with E-state index in [-0.39, 0.29) is 5.75 Å². The normalized spacial score (nSPS) is 11.4. The zero-order valence-electron chi connectivity index (χ0n) is 10.7. The van der Waals surface area contributed by atoms with E-state index in [0.717, 1.165) is 16.4 Å². The third-order valence-electron chi connectivity index (χ3n) is 2.27. The van der Waals surface area contributed by atoms with Crippen molar-refractivity contribution < 1.29 is 8.42 Å². The fraction of sp³-hybridized carbons (Fsp3) is 0.273. The number of nitrogens with zero attached hydrogens (tertiary/aromatic N) is 2. The zero-order chi connectivity index (χ0) is 14.6. The number of sulfonamides is 1. The Labute approximate surface area is 126 Å². The van der Waals surface area contributed by atoms with Crippen molar-refractivity contribution in [2.24, 2.45) is 0 Å². The van der Waals surface area contributed by atoms with Crippen molar-refractivity contribution in [1.82, 2.24) is 9.36 Å². The number of hydrogen-bond acceptors (Lipinski definition) is 7. The quantitative estimate of drug-likeness (QED) is 0.620. The topological polar surface area (TPSA) is 98.0 Å². The molecule has 1 aromatic carbocycles. The lowest BCUT2D eigenvalue weighted by atomic mass is 10.3. The summed E-state index contributed by atoms with van der Waals surface area (Å²) in [6, 6.07) is 7.32. The van der Waals surface area contributed by atoms with Crippen LogP contribution < -0.4 is 10.5 Å². The number of thioether (sulfide) groups is 1. The highest BCUT2D eigenvalue weighted by Gasteiger charge is 2.13. The third-order valence-corrected chi connectivity index (χ3v) is 5.64. The lowest BCUT2D eigenvalue weighted by Gasteiger charge is -2.05. The summed E-state index contributed by atoms with van der Waals surface area (Å²) >= 11 is 2.50. The number of nitrogens with one attached hydrogen (secondary N) is 1. The Morgan fingerprint density at radius 3 is 2.65 bits per heavy atom. The molecule has 1 aromatic heterocycles. The minimum atomic E-state index is -3.39. The van der Waals surface area contributed by atoms with Gasteiger partial charge in [0.2, 0.25) is 15.2 Å². The molecular formula is C11H14N4O2S3. The Morgan fingerprint density at radius 1 is 1.35 bits per heavy atom. The van der Waals surface area contributed by atoms with Crippen molar-refractivity contribution in [2.75, 3.05) is 22.0 Å². The molecule has 108 valence electrons. The lowest BCUT2D eigenvalue weighted by Crippen LogP contribution is -2.18. The highest BCUT2D eigenvalue weighted by molar-refractivity contribution is 8.01. The zero-order valence-corrected chi connectivity index (χ0v) is 13.2. The summed E-state index contributed by atoms with van der Waals surface area (Å²) in [5.74, 6) is 1.03. The van der Waals surface area contributed by atoms with Gasteiger partial charge in [0.05, 0.1) is 5.75 Å². The van der Waals surface area contributed by atoms with Crippen LogP contribution in [0.1, 0.15) is 5.82 Å². The maximum absolute atomic E-state index is 11.8. The summed E-state index contributed by atoms with van der Waals surface area (Å²) in [4.78, 5) is 4.96. The fourth-order valence-electron chi connectivity index (χ4n) is 1.36. The summed E-state index contributed by atoms with van der Waals surface area (Å²) in [6.45, 7) is 1.71. The van der Waals surface area contributed by atoms with Gasteiger partial charge < -0.3 is 5.73 Å². The van der Waals surface area contributed by atoms with Crippen LogP contribution in [-0.2, 0) is 10.0 Å². The highest BCUT2D eigenvalue weighted by atomic mass is 32.2. The van der Waals surface area contributed by atoms with Crippen molar-refractivity contribution in [3.63, 3.8) is 0 Å². The summed E-state index contributed by atoms with van der Waals surface area (Å²) in [5.41, 5.74) is 6.28. The van der Waals surface area contributed by atoms with Gasteiger partial charge >= 0.3 is 0 Å². The van der Waals surface area contributed by atoms with E-state index in [1.54, 1.807) is 19.1 Å². The van der Waals surface area contributed by atoms with E-state index < -0.39 is 10.0 Å². The van der Waals surface area contributed by atoms with Crippen LogP contribution in [0.15, 0.2) is 29.2 Å². The molecule has 0 amide bonds. The molecule has 0 fully saturated rings. The molecule has 2 rings (SSSR count). The van der Waals surface area contributed by atoms with Gasteiger partial charge in [0, 0.05) is 27.9 Å². The Kier molecular flexibility index (Phi) is 4.84. The Balaban J connectivity index is 1.84. The molecule has 0 spiro atoms. The molecule has 0 atom stereocenters. The second kappa shape index (κ2) is 6.42. The minimum Gasteiger partial charge on any atom is -0.399 e. The number of nitrogens with two attached hydrogens (primary N) is 1.